The number of amides is 3. The van der Waals surface area contributed by atoms with Crippen molar-refractivity contribution in [2.24, 2.45) is 5.41 Å². The minimum absolute atomic E-state index is 0.00450. The molecule has 1 atom stereocenters. The Morgan fingerprint density at radius 1 is 1.09 bits per heavy atom. The van der Waals surface area contributed by atoms with Crippen LogP contribution in [0.1, 0.15) is 45.1 Å². The molecule has 0 spiro atoms. The first-order chi connectivity index (χ1) is 15.3. The lowest BCUT2D eigenvalue weighted by Gasteiger charge is -2.39. The van der Waals surface area contributed by atoms with Crippen LogP contribution in [-0.2, 0) is 4.79 Å². The molecule has 1 N–H and O–H groups in total. The van der Waals surface area contributed by atoms with Crippen molar-refractivity contribution in [2.75, 3.05) is 31.5 Å². The summed E-state index contributed by atoms with van der Waals surface area (Å²) in [6.45, 7) is 9.00. The van der Waals surface area contributed by atoms with E-state index in [2.05, 4.69) is 37.1 Å². The van der Waals surface area contributed by atoms with E-state index in [0.717, 1.165) is 24.4 Å². The zero-order valence-electron chi connectivity index (χ0n) is 19.1. The molecule has 4 rings (SSSR count). The Kier molecular flexibility index (Phi) is 6.35. The van der Waals surface area contributed by atoms with Crippen LogP contribution in [0.2, 0.25) is 0 Å². The summed E-state index contributed by atoms with van der Waals surface area (Å²) in [6, 6.07) is 11.3. The number of rotatable bonds is 5. The molecule has 3 amide bonds. The van der Waals surface area contributed by atoms with Gasteiger partial charge in [0, 0.05) is 56.5 Å². The van der Waals surface area contributed by atoms with Crippen molar-refractivity contribution in [2.45, 2.75) is 45.6 Å². The fourth-order valence-electron chi connectivity index (χ4n) is 4.10. The van der Waals surface area contributed by atoms with Gasteiger partial charge in [0.2, 0.25) is 5.91 Å². The van der Waals surface area contributed by atoms with Gasteiger partial charge in [0.15, 0.2) is 0 Å². The molecule has 3 heterocycles. The highest BCUT2D eigenvalue weighted by Gasteiger charge is 2.32. The zero-order chi connectivity index (χ0) is 22.7. The lowest BCUT2D eigenvalue weighted by atomic mass is 9.92. The van der Waals surface area contributed by atoms with Crippen molar-refractivity contribution in [3.05, 3.63) is 54.4 Å². The maximum Gasteiger partial charge on any atom is 0.321 e. The summed E-state index contributed by atoms with van der Waals surface area (Å²) in [4.78, 5) is 32.7. The first kappa shape index (κ1) is 22.1. The standard InChI is InChI=1S/C25H32N4O3/c1-25(2,3)13-23(30)28-12-10-22(17-28)32-21-8-6-20(7-9-21)27-24(31)29-15-19(16-29)18-5-4-11-26-14-18/h4-9,11,14,19,22H,10,12-13,15-17H2,1-3H3,(H,27,31)/t22-/m1/s1. The summed E-state index contributed by atoms with van der Waals surface area (Å²) in [5.74, 6) is 1.30. The molecule has 7 nitrogen and oxygen atoms in total. The van der Waals surface area contributed by atoms with E-state index in [1.807, 2.05) is 41.4 Å². The smallest absolute Gasteiger partial charge is 0.321 e. The van der Waals surface area contributed by atoms with Crippen molar-refractivity contribution < 1.29 is 14.3 Å². The molecular formula is C25H32N4O3. The number of hydrogen-bond donors (Lipinski definition) is 1. The molecule has 2 saturated heterocycles. The van der Waals surface area contributed by atoms with Gasteiger partial charge in [-0.15, -0.1) is 0 Å². The van der Waals surface area contributed by atoms with E-state index in [-0.39, 0.29) is 23.5 Å². The molecule has 2 aromatic rings. The van der Waals surface area contributed by atoms with Crippen molar-refractivity contribution in [3.8, 4) is 5.75 Å². The molecule has 0 radical (unpaired) electrons. The Hall–Kier alpha value is -3.09. The van der Waals surface area contributed by atoms with Gasteiger partial charge in [-0.3, -0.25) is 9.78 Å². The summed E-state index contributed by atoms with van der Waals surface area (Å²) in [7, 11) is 0. The molecule has 0 unspecified atom stereocenters. The SMILES string of the molecule is CC(C)(C)CC(=O)N1CC[C@@H](Oc2ccc(NC(=O)N3CC(c4cccnc4)C3)cc2)C1. The molecule has 0 bridgehead atoms. The van der Waals surface area contributed by atoms with Crippen LogP contribution in [0.25, 0.3) is 0 Å². The van der Waals surface area contributed by atoms with Gasteiger partial charge in [-0.1, -0.05) is 26.8 Å². The van der Waals surface area contributed by atoms with Gasteiger partial charge < -0.3 is 19.9 Å². The van der Waals surface area contributed by atoms with Gasteiger partial charge in [-0.05, 0) is 41.3 Å². The molecular weight excluding hydrogens is 404 g/mol. The molecule has 2 aliphatic heterocycles. The number of pyridine rings is 1. The first-order valence-corrected chi connectivity index (χ1v) is 11.3. The zero-order valence-corrected chi connectivity index (χ0v) is 19.1. The number of carbonyl (C=O) groups is 2. The Balaban J connectivity index is 1.22. The van der Waals surface area contributed by atoms with Crippen molar-refractivity contribution in [1.29, 1.82) is 0 Å². The maximum atomic E-state index is 12.5. The summed E-state index contributed by atoms with van der Waals surface area (Å²) < 4.78 is 6.07. The molecule has 2 fully saturated rings. The third-order valence-corrected chi connectivity index (χ3v) is 5.91. The van der Waals surface area contributed by atoms with Gasteiger partial charge in [-0.25, -0.2) is 4.79 Å². The van der Waals surface area contributed by atoms with Crippen LogP contribution in [0.4, 0.5) is 10.5 Å². The molecule has 0 aliphatic carbocycles. The van der Waals surface area contributed by atoms with Crippen LogP contribution in [0.5, 0.6) is 5.75 Å². The fourth-order valence-corrected chi connectivity index (χ4v) is 4.10. The predicted octanol–water partition coefficient (Wildman–Crippen LogP) is 4.13. The number of anilines is 1. The second-order valence-corrected chi connectivity index (χ2v) is 9.95. The van der Waals surface area contributed by atoms with E-state index in [1.165, 1.54) is 5.56 Å². The number of ether oxygens (including phenoxy) is 1. The summed E-state index contributed by atoms with van der Waals surface area (Å²) >= 11 is 0. The third-order valence-electron chi connectivity index (χ3n) is 5.91. The van der Waals surface area contributed by atoms with E-state index < -0.39 is 0 Å². The molecule has 1 aromatic carbocycles. The van der Waals surface area contributed by atoms with E-state index in [0.29, 0.717) is 32.0 Å². The number of carbonyl (C=O) groups excluding carboxylic acids is 2. The minimum atomic E-state index is -0.0948. The Bertz CT molecular complexity index is 934. The number of nitrogens with one attached hydrogen (secondary N) is 1. The van der Waals surface area contributed by atoms with E-state index in [4.69, 9.17) is 4.74 Å². The molecule has 7 heteroatoms. The summed E-state index contributed by atoms with van der Waals surface area (Å²) in [5, 5.41) is 2.94. The van der Waals surface area contributed by atoms with Gasteiger partial charge in [0.05, 0.1) is 6.54 Å². The molecule has 1 aromatic heterocycles. The molecule has 0 saturated carbocycles. The average Bonchev–Trinajstić information content (AvgIpc) is 3.17. The number of hydrogen-bond acceptors (Lipinski definition) is 4. The number of benzene rings is 1. The summed E-state index contributed by atoms with van der Waals surface area (Å²) in [6.07, 6.45) is 5.01. The van der Waals surface area contributed by atoms with Crippen LogP contribution in [0.3, 0.4) is 0 Å². The minimum Gasteiger partial charge on any atom is -0.489 e. The van der Waals surface area contributed by atoms with Crippen LogP contribution < -0.4 is 10.1 Å². The highest BCUT2D eigenvalue weighted by atomic mass is 16.5. The average molecular weight is 437 g/mol. The number of nitrogens with zero attached hydrogens (tertiary/aromatic N) is 3. The van der Waals surface area contributed by atoms with Crippen molar-refractivity contribution >= 4 is 17.6 Å². The van der Waals surface area contributed by atoms with E-state index >= 15 is 0 Å². The van der Waals surface area contributed by atoms with Gasteiger partial charge in [0.25, 0.3) is 0 Å². The normalized spacial score (nSPS) is 18.9. The van der Waals surface area contributed by atoms with Crippen LogP contribution in [0, 0.1) is 5.41 Å². The maximum absolute atomic E-state index is 12.5. The second kappa shape index (κ2) is 9.18. The second-order valence-electron chi connectivity index (χ2n) is 9.95. The lowest BCUT2D eigenvalue weighted by Crippen LogP contribution is -2.50. The number of urea groups is 1. The quantitative estimate of drug-likeness (QED) is 0.765. The van der Waals surface area contributed by atoms with Gasteiger partial charge in [-0.2, -0.15) is 0 Å². The fraction of sp³-hybridized carbons (Fsp3) is 0.480. The van der Waals surface area contributed by atoms with Crippen molar-refractivity contribution in [1.82, 2.24) is 14.8 Å². The topological polar surface area (TPSA) is 74.8 Å². The Labute approximate surface area is 189 Å². The van der Waals surface area contributed by atoms with Crippen LogP contribution in [0.15, 0.2) is 48.8 Å². The van der Waals surface area contributed by atoms with E-state index in [9.17, 15) is 9.59 Å². The van der Waals surface area contributed by atoms with Gasteiger partial charge in [0.1, 0.15) is 11.9 Å². The highest BCUT2D eigenvalue weighted by molar-refractivity contribution is 5.90. The molecule has 32 heavy (non-hydrogen) atoms. The molecule has 2 aliphatic rings. The highest BCUT2D eigenvalue weighted by Crippen LogP contribution is 2.28. The largest absolute Gasteiger partial charge is 0.489 e. The third kappa shape index (κ3) is 5.58. The monoisotopic (exact) mass is 436 g/mol. The predicted molar refractivity (Wildman–Crippen MR) is 124 cm³/mol. The number of likely N-dealkylation sites (tertiary alicyclic amines) is 2. The van der Waals surface area contributed by atoms with Crippen molar-refractivity contribution in [3.63, 3.8) is 0 Å². The van der Waals surface area contributed by atoms with E-state index in [1.54, 1.807) is 11.1 Å². The Morgan fingerprint density at radius 3 is 2.50 bits per heavy atom. The van der Waals surface area contributed by atoms with Crippen LogP contribution in [-0.4, -0.2) is 59.0 Å². The van der Waals surface area contributed by atoms with Gasteiger partial charge >= 0.3 is 6.03 Å². The first-order valence-electron chi connectivity index (χ1n) is 11.3. The van der Waals surface area contributed by atoms with Crippen LogP contribution >= 0.6 is 0 Å². The molecule has 170 valence electrons. The summed E-state index contributed by atoms with van der Waals surface area (Å²) in [5.41, 5.74) is 1.90. The Morgan fingerprint density at radius 2 is 1.84 bits per heavy atom. The lowest BCUT2D eigenvalue weighted by molar-refractivity contribution is -0.132. The number of aromatic nitrogens is 1.